The first-order valence-corrected chi connectivity index (χ1v) is 3.51. The maximum absolute atomic E-state index is 4.17. The number of para-hydroxylation sites is 1. The summed E-state index contributed by atoms with van der Waals surface area (Å²) >= 11 is 0. The minimum absolute atomic E-state index is 0.995. The van der Waals surface area contributed by atoms with Gasteiger partial charge in [-0.2, -0.15) is 0 Å². The summed E-state index contributed by atoms with van der Waals surface area (Å²) in [6.07, 6.45) is 1.70. The van der Waals surface area contributed by atoms with Crippen molar-refractivity contribution in [2.45, 2.75) is 0 Å². The van der Waals surface area contributed by atoms with Crippen LogP contribution in [0.1, 0.15) is 0 Å². The van der Waals surface area contributed by atoms with Gasteiger partial charge in [-0.15, -0.1) is 0 Å². The second-order valence-corrected chi connectivity index (χ2v) is 2.35. The van der Waals surface area contributed by atoms with Gasteiger partial charge in [-0.25, -0.2) is 4.98 Å². The maximum atomic E-state index is 4.17. The highest BCUT2D eigenvalue weighted by Gasteiger charge is 1.98. The number of H-pyrrole nitrogens is 1. The Bertz CT molecular complexity index is 364. The van der Waals surface area contributed by atoms with Crippen molar-refractivity contribution in [2.24, 2.45) is 0 Å². The van der Waals surface area contributed by atoms with Crippen LogP contribution < -0.4 is 5.32 Å². The van der Waals surface area contributed by atoms with Crippen molar-refractivity contribution in [3.05, 3.63) is 24.5 Å². The lowest BCUT2D eigenvalue weighted by Crippen LogP contribution is -1.87. The molecule has 1 heterocycles. The minimum atomic E-state index is 0.995. The SMILES string of the molecule is CNc1cccc2[nH]cnc12. The van der Waals surface area contributed by atoms with Crippen LogP contribution in [0.3, 0.4) is 0 Å². The van der Waals surface area contributed by atoms with Crippen LogP contribution in [-0.4, -0.2) is 17.0 Å². The lowest BCUT2D eigenvalue weighted by Gasteiger charge is -1.98. The lowest BCUT2D eigenvalue weighted by molar-refractivity contribution is 1.34. The van der Waals surface area contributed by atoms with Crippen LogP contribution in [0.2, 0.25) is 0 Å². The van der Waals surface area contributed by atoms with Gasteiger partial charge in [0.2, 0.25) is 0 Å². The molecular formula is C8H9N3. The van der Waals surface area contributed by atoms with Crippen molar-refractivity contribution in [3.63, 3.8) is 0 Å². The molecule has 0 aliphatic heterocycles. The fourth-order valence-electron chi connectivity index (χ4n) is 1.17. The molecule has 0 saturated heterocycles. The third-order valence-corrected chi connectivity index (χ3v) is 1.72. The average molecular weight is 147 g/mol. The Hall–Kier alpha value is -1.51. The molecule has 11 heavy (non-hydrogen) atoms. The molecule has 0 fully saturated rings. The summed E-state index contributed by atoms with van der Waals surface area (Å²) in [6.45, 7) is 0. The quantitative estimate of drug-likeness (QED) is 0.643. The molecule has 2 N–H and O–H groups in total. The molecule has 3 heteroatoms. The molecule has 2 aromatic rings. The number of benzene rings is 1. The van der Waals surface area contributed by atoms with Gasteiger partial charge in [0.05, 0.1) is 17.5 Å². The van der Waals surface area contributed by atoms with Crippen LogP contribution in [0.15, 0.2) is 24.5 Å². The smallest absolute Gasteiger partial charge is 0.111 e. The maximum Gasteiger partial charge on any atom is 0.111 e. The van der Waals surface area contributed by atoms with Crippen LogP contribution in [0.4, 0.5) is 5.69 Å². The third-order valence-electron chi connectivity index (χ3n) is 1.72. The molecule has 56 valence electrons. The van der Waals surface area contributed by atoms with Crippen LogP contribution >= 0.6 is 0 Å². The van der Waals surface area contributed by atoms with Crippen LogP contribution in [0, 0.1) is 0 Å². The Morgan fingerprint density at radius 1 is 1.45 bits per heavy atom. The summed E-state index contributed by atoms with van der Waals surface area (Å²) in [5.41, 5.74) is 3.12. The predicted molar refractivity (Wildman–Crippen MR) is 45.6 cm³/mol. The highest BCUT2D eigenvalue weighted by atomic mass is 14.9. The number of fused-ring (bicyclic) bond motifs is 1. The average Bonchev–Trinajstić information content (AvgIpc) is 2.50. The minimum Gasteiger partial charge on any atom is -0.386 e. The molecular weight excluding hydrogens is 138 g/mol. The highest BCUT2D eigenvalue weighted by molar-refractivity contribution is 5.87. The Kier molecular flexibility index (Phi) is 1.28. The first-order chi connectivity index (χ1) is 5.42. The van der Waals surface area contributed by atoms with E-state index in [9.17, 15) is 0 Å². The van der Waals surface area contributed by atoms with E-state index < -0.39 is 0 Å². The fourth-order valence-corrected chi connectivity index (χ4v) is 1.17. The summed E-state index contributed by atoms with van der Waals surface area (Å²) in [6, 6.07) is 6.00. The zero-order chi connectivity index (χ0) is 7.68. The molecule has 0 bridgehead atoms. The first-order valence-electron chi connectivity index (χ1n) is 3.51. The molecule has 3 nitrogen and oxygen atoms in total. The van der Waals surface area contributed by atoms with Gasteiger partial charge in [-0.1, -0.05) is 6.07 Å². The molecule has 1 aromatic carbocycles. The van der Waals surface area contributed by atoms with Crippen molar-refractivity contribution in [3.8, 4) is 0 Å². The Balaban J connectivity index is 2.79. The highest BCUT2D eigenvalue weighted by Crippen LogP contribution is 2.18. The fraction of sp³-hybridized carbons (Fsp3) is 0.125. The van der Waals surface area contributed by atoms with Crippen LogP contribution in [-0.2, 0) is 0 Å². The van der Waals surface area contributed by atoms with E-state index >= 15 is 0 Å². The monoisotopic (exact) mass is 147 g/mol. The van der Waals surface area contributed by atoms with Gasteiger partial charge < -0.3 is 10.3 Å². The second-order valence-electron chi connectivity index (χ2n) is 2.35. The van der Waals surface area contributed by atoms with Gasteiger partial charge >= 0.3 is 0 Å². The van der Waals surface area contributed by atoms with Gasteiger partial charge in [0.1, 0.15) is 5.52 Å². The first kappa shape index (κ1) is 6.22. The molecule has 0 spiro atoms. The summed E-state index contributed by atoms with van der Waals surface area (Å²) in [5.74, 6) is 0. The third kappa shape index (κ3) is 0.852. The lowest BCUT2D eigenvalue weighted by atomic mass is 10.3. The number of nitrogens with zero attached hydrogens (tertiary/aromatic N) is 1. The largest absolute Gasteiger partial charge is 0.386 e. The van der Waals surface area contributed by atoms with Gasteiger partial charge in [0.25, 0.3) is 0 Å². The van der Waals surface area contributed by atoms with Crippen molar-refractivity contribution in [1.82, 2.24) is 9.97 Å². The molecule has 1 aromatic heterocycles. The van der Waals surface area contributed by atoms with E-state index in [0.29, 0.717) is 0 Å². The second kappa shape index (κ2) is 2.27. The standard InChI is InChI=1S/C8H9N3/c1-9-6-3-2-4-7-8(6)11-5-10-7/h2-5,9H,1H3,(H,10,11). The summed E-state index contributed by atoms with van der Waals surface area (Å²) in [7, 11) is 1.89. The molecule has 0 aliphatic rings. The number of rotatable bonds is 1. The number of nitrogens with one attached hydrogen (secondary N) is 2. The number of hydrogen-bond acceptors (Lipinski definition) is 2. The summed E-state index contributed by atoms with van der Waals surface area (Å²) in [4.78, 5) is 7.21. The topological polar surface area (TPSA) is 40.7 Å². The van der Waals surface area contributed by atoms with Gasteiger partial charge in [0, 0.05) is 7.05 Å². The number of aromatic nitrogens is 2. The summed E-state index contributed by atoms with van der Waals surface area (Å²) in [5, 5.41) is 3.07. The number of hydrogen-bond donors (Lipinski definition) is 2. The molecule has 0 unspecified atom stereocenters. The zero-order valence-electron chi connectivity index (χ0n) is 6.26. The van der Waals surface area contributed by atoms with E-state index in [-0.39, 0.29) is 0 Å². The predicted octanol–water partition coefficient (Wildman–Crippen LogP) is 1.60. The molecule has 0 radical (unpaired) electrons. The van der Waals surface area contributed by atoms with E-state index in [4.69, 9.17) is 0 Å². The van der Waals surface area contributed by atoms with E-state index in [2.05, 4.69) is 15.3 Å². The van der Waals surface area contributed by atoms with E-state index in [0.717, 1.165) is 16.7 Å². The van der Waals surface area contributed by atoms with Gasteiger partial charge in [-0.3, -0.25) is 0 Å². The number of aromatic amines is 1. The van der Waals surface area contributed by atoms with Crippen molar-refractivity contribution in [1.29, 1.82) is 0 Å². The van der Waals surface area contributed by atoms with Crippen molar-refractivity contribution >= 4 is 16.7 Å². The Morgan fingerprint density at radius 3 is 3.18 bits per heavy atom. The Labute approximate surface area is 64.5 Å². The Morgan fingerprint density at radius 2 is 2.36 bits per heavy atom. The van der Waals surface area contributed by atoms with Crippen molar-refractivity contribution < 1.29 is 0 Å². The molecule has 0 amide bonds. The van der Waals surface area contributed by atoms with Crippen LogP contribution in [0.5, 0.6) is 0 Å². The molecule has 0 saturated carbocycles. The van der Waals surface area contributed by atoms with E-state index in [1.807, 2.05) is 25.2 Å². The van der Waals surface area contributed by atoms with Crippen LogP contribution in [0.25, 0.3) is 11.0 Å². The number of anilines is 1. The van der Waals surface area contributed by atoms with Gasteiger partial charge in [-0.05, 0) is 12.1 Å². The molecule has 0 atom stereocenters. The molecule has 2 rings (SSSR count). The van der Waals surface area contributed by atoms with Gasteiger partial charge in [0.15, 0.2) is 0 Å². The summed E-state index contributed by atoms with van der Waals surface area (Å²) < 4.78 is 0. The number of imidazole rings is 1. The normalized spacial score (nSPS) is 10.3. The van der Waals surface area contributed by atoms with E-state index in [1.165, 1.54) is 0 Å². The molecule has 0 aliphatic carbocycles. The zero-order valence-corrected chi connectivity index (χ0v) is 6.26. The van der Waals surface area contributed by atoms with Crippen molar-refractivity contribution in [2.75, 3.05) is 12.4 Å². The van der Waals surface area contributed by atoms with E-state index in [1.54, 1.807) is 6.33 Å².